The Kier molecular flexibility index (Phi) is 3.10. The Hall–Kier alpha value is -2.26. The summed E-state index contributed by atoms with van der Waals surface area (Å²) in [5, 5.41) is 18.0. The smallest absolute Gasteiger partial charge is 0.262 e. The maximum atomic E-state index is 9.32. The maximum Gasteiger partial charge on any atom is 0.262 e. The number of hydrogen-bond donors (Lipinski definition) is 1. The Bertz CT molecular complexity index is 462. The molecule has 3 heteroatoms. The van der Waals surface area contributed by atoms with Crippen LogP contribution in [0, 0.1) is 31.8 Å². The molecule has 0 amide bonds. The van der Waals surface area contributed by atoms with Gasteiger partial charge in [0.2, 0.25) is 0 Å². The van der Waals surface area contributed by atoms with Crippen LogP contribution >= 0.6 is 0 Å². The Labute approximate surface area is 88.7 Å². The Balaban J connectivity index is 3.36. The number of rotatable bonds is 1. The van der Waals surface area contributed by atoms with Crippen molar-refractivity contribution in [1.82, 2.24) is 0 Å². The van der Waals surface area contributed by atoms with Crippen LogP contribution in [0.5, 0.6) is 5.75 Å². The number of aromatic hydroxyl groups is 1. The number of aryl methyl sites for hydroxylation is 2. The first kappa shape index (κ1) is 10.8. The molecule has 1 N–H and O–H groups in total. The molecule has 0 saturated carbocycles. The molecule has 0 spiro atoms. The lowest BCUT2D eigenvalue weighted by atomic mass is 10.0. The van der Waals surface area contributed by atoms with E-state index in [-0.39, 0.29) is 11.4 Å². The molecule has 3 nitrogen and oxygen atoms in total. The van der Waals surface area contributed by atoms with Gasteiger partial charge in [0.25, 0.3) is 5.70 Å². The monoisotopic (exact) mass is 198 g/mol. The van der Waals surface area contributed by atoms with Gasteiger partial charge in [0, 0.05) is 0 Å². The van der Waals surface area contributed by atoms with Crippen LogP contribution in [-0.4, -0.2) is 5.11 Å². The van der Waals surface area contributed by atoms with Gasteiger partial charge in [-0.2, -0.15) is 0 Å². The van der Waals surface area contributed by atoms with Crippen molar-refractivity contribution >= 4 is 6.08 Å². The first-order valence-electron chi connectivity index (χ1n) is 4.38. The van der Waals surface area contributed by atoms with Crippen molar-refractivity contribution in [3.8, 4) is 11.8 Å². The van der Waals surface area contributed by atoms with Crippen LogP contribution in [-0.2, 0) is 0 Å². The van der Waals surface area contributed by atoms with E-state index in [1.165, 1.54) is 6.08 Å². The van der Waals surface area contributed by atoms with E-state index in [2.05, 4.69) is 4.85 Å². The first-order chi connectivity index (χ1) is 7.08. The highest BCUT2D eigenvalue weighted by atomic mass is 16.3. The van der Waals surface area contributed by atoms with E-state index in [1.54, 1.807) is 12.1 Å². The number of phenols is 1. The third-order valence-corrected chi connectivity index (χ3v) is 2.09. The molecule has 0 saturated heterocycles. The molecular weight excluding hydrogens is 188 g/mol. The number of allylic oxidation sites excluding steroid dienone is 1. The maximum absolute atomic E-state index is 9.32. The summed E-state index contributed by atoms with van der Waals surface area (Å²) in [6.45, 7) is 10.4. The summed E-state index contributed by atoms with van der Waals surface area (Å²) in [4.78, 5) is 3.09. The molecule has 0 aliphatic carbocycles. The van der Waals surface area contributed by atoms with Gasteiger partial charge in [0.1, 0.15) is 5.75 Å². The van der Waals surface area contributed by atoms with Gasteiger partial charge < -0.3 is 5.11 Å². The fraction of sp³-hybridized carbons (Fsp3) is 0.167. The van der Waals surface area contributed by atoms with Crippen LogP contribution in [0.3, 0.4) is 0 Å². The van der Waals surface area contributed by atoms with E-state index in [4.69, 9.17) is 11.8 Å². The van der Waals surface area contributed by atoms with E-state index in [1.807, 2.05) is 19.9 Å². The second kappa shape index (κ2) is 4.30. The number of nitrogens with zero attached hydrogens (tertiary/aromatic N) is 2. The van der Waals surface area contributed by atoms with Crippen molar-refractivity contribution in [2.75, 3.05) is 0 Å². The molecule has 1 aromatic carbocycles. The van der Waals surface area contributed by atoms with Crippen molar-refractivity contribution in [2.45, 2.75) is 13.8 Å². The van der Waals surface area contributed by atoms with Crippen LogP contribution in [0.4, 0.5) is 0 Å². The molecule has 1 aromatic rings. The topological polar surface area (TPSA) is 48.4 Å². The average molecular weight is 198 g/mol. The molecule has 0 aliphatic rings. The zero-order valence-corrected chi connectivity index (χ0v) is 8.57. The quantitative estimate of drug-likeness (QED) is 0.557. The lowest BCUT2D eigenvalue weighted by molar-refractivity contribution is 0.474. The van der Waals surface area contributed by atoms with Crippen LogP contribution in [0.1, 0.15) is 16.7 Å². The summed E-state index contributed by atoms with van der Waals surface area (Å²) in [6.07, 6.45) is 1.54. The zero-order valence-electron chi connectivity index (χ0n) is 8.57. The number of phenolic OH excluding ortho intramolecular Hbond substituents is 1. The highest BCUT2D eigenvalue weighted by Crippen LogP contribution is 2.23. The SMILES string of the molecule is [C-]#[N+]/C(C#N)=C/c1c(C)cc(O)cc1C. The Morgan fingerprint density at radius 2 is 2.00 bits per heavy atom. The minimum absolute atomic E-state index is 0.0480. The lowest BCUT2D eigenvalue weighted by Crippen LogP contribution is -1.87. The molecule has 0 atom stereocenters. The molecule has 1 rings (SSSR count). The average Bonchev–Trinajstić information content (AvgIpc) is 2.17. The zero-order chi connectivity index (χ0) is 11.4. The van der Waals surface area contributed by atoms with Gasteiger partial charge in [-0.25, -0.2) is 10.1 Å². The molecule has 0 fully saturated rings. The summed E-state index contributed by atoms with van der Waals surface area (Å²) < 4.78 is 0. The third kappa shape index (κ3) is 2.36. The Morgan fingerprint density at radius 1 is 1.47 bits per heavy atom. The molecule has 0 radical (unpaired) electrons. The predicted molar refractivity (Wildman–Crippen MR) is 57.8 cm³/mol. The second-order valence-electron chi connectivity index (χ2n) is 3.25. The summed E-state index contributed by atoms with van der Waals surface area (Å²) >= 11 is 0. The first-order valence-corrected chi connectivity index (χ1v) is 4.38. The third-order valence-electron chi connectivity index (χ3n) is 2.09. The molecule has 0 bridgehead atoms. The summed E-state index contributed by atoms with van der Waals surface area (Å²) in [5.41, 5.74) is 2.57. The fourth-order valence-corrected chi connectivity index (χ4v) is 1.41. The largest absolute Gasteiger partial charge is 0.508 e. The predicted octanol–water partition coefficient (Wildman–Crippen LogP) is 2.79. The lowest BCUT2D eigenvalue weighted by Gasteiger charge is -2.06. The molecule has 0 unspecified atom stereocenters. The number of benzene rings is 1. The molecule has 0 heterocycles. The van der Waals surface area contributed by atoms with Gasteiger partial charge in [-0.1, -0.05) is 0 Å². The number of hydrogen-bond acceptors (Lipinski definition) is 2. The standard InChI is InChI=1S/C12H10N2O/c1-8-4-11(15)5-9(2)12(8)6-10(7-13)14-3/h4-6,15H,1-2H3/b10-6+. The van der Waals surface area contributed by atoms with Crippen molar-refractivity contribution in [3.63, 3.8) is 0 Å². The van der Waals surface area contributed by atoms with Crippen LogP contribution in [0.25, 0.3) is 10.9 Å². The van der Waals surface area contributed by atoms with Gasteiger partial charge in [-0.3, -0.25) is 0 Å². The van der Waals surface area contributed by atoms with Crippen LogP contribution in [0.15, 0.2) is 17.8 Å². The van der Waals surface area contributed by atoms with E-state index in [9.17, 15) is 5.11 Å². The van der Waals surface area contributed by atoms with Gasteiger partial charge in [0.15, 0.2) is 0 Å². The molecule has 0 aliphatic heterocycles. The summed E-state index contributed by atoms with van der Waals surface area (Å²) in [7, 11) is 0. The van der Waals surface area contributed by atoms with Gasteiger partial charge in [0.05, 0.1) is 12.6 Å². The van der Waals surface area contributed by atoms with E-state index in [0.29, 0.717) is 0 Å². The van der Waals surface area contributed by atoms with Gasteiger partial charge in [-0.15, -0.1) is 0 Å². The van der Waals surface area contributed by atoms with Crippen molar-refractivity contribution < 1.29 is 5.11 Å². The minimum Gasteiger partial charge on any atom is -0.508 e. The van der Waals surface area contributed by atoms with Crippen molar-refractivity contribution in [2.24, 2.45) is 0 Å². The molecule has 0 aromatic heterocycles. The minimum atomic E-state index is 0.0480. The van der Waals surface area contributed by atoms with Crippen molar-refractivity contribution in [3.05, 3.63) is 45.9 Å². The molecule has 74 valence electrons. The number of nitriles is 1. The van der Waals surface area contributed by atoms with E-state index >= 15 is 0 Å². The Morgan fingerprint density at radius 3 is 2.40 bits per heavy atom. The highest BCUT2D eigenvalue weighted by molar-refractivity contribution is 5.65. The van der Waals surface area contributed by atoms with Crippen molar-refractivity contribution in [1.29, 1.82) is 5.26 Å². The summed E-state index contributed by atoms with van der Waals surface area (Å²) in [6, 6.07) is 5.03. The van der Waals surface area contributed by atoms with Crippen LogP contribution < -0.4 is 0 Å². The normalized spacial score (nSPS) is 10.5. The fourth-order valence-electron chi connectivity index (χ4n) is 1.41. The molecule has 15 heavy (non-hydrogen) atoms. The second-order valence-corrected chi connectivity index (χ2v) is 3.25. The molecular formula is C12H10N2O. The van der Waals surface area contributed by atoms with E-state index in [0.717, 1.165) is 16.7 Å². The van der Waals surface area contributed by atoms with Gasteiger partial charge >= 0.3 is 0 Å². The summed E-state index contributed by atoms with van der Waals surface area (Å²) in [5.74, 6) is 0.198. The van der Waals surface area contributed by atoms with Crippen LogP contribution in [0.2, 0.25) is 0 Å². The highest BCUT2D eigenvalue weighted by Gasteiger charge is 2.03. The van der Waals surface area contributed by atoms with Gasteiger partial charge in [-0.05, 0) is 48.7 Å². The van der Waals surface area contributed by atoms with E-state index < -0.39 is 0 Å².